The molecule has 32 heavy (non-hydrogen) atoms. The van der Waals surface area contributed by atoms with Gasteiger partial charge in [-0.2, -0.15) is 0 Å². The van der Waals surface area contributed by atoms with Crippen molar-refractivity contribution in [3.05, 3.63) is 48.0 Å². The number of methoxy groups -OCH3 is 2. The molecule has 1 N–H and O–H groups in total. The maximum absolute atomic E-state index is 13.2. The summed E-state index contributed by atoms with van der Waals surface area (Å²) in [4.78, 5) is 41.1. The molecule has 2 aliphatic rings. The number of rotatable bonds is 5. The number of hydrogen-bond donors (Lipinski definition) is 1. The number of imide groups is 1. The zero-order chi connectivity index (χ0) is 23.0. The zero-order valence-electron chi connectivity index (χ0n) is 17.5. The summed E-state index contributed by atoms with van der Waals surface area (Å²) in [6.45, 7) is 0. The standard InChI is InChI=1S/C23H22Br2N2O5/c1-31-12-7-8-20(32-2)18(9-12)26-21(28)13-5-3-4-6-19(13)27-22(29)14-10-16(24)17(25)11-15(14)23(27)30/h3-9,14-17H,10-11H2,1-2H3,(H,26,28)/t14-,15+,16+,17-. The van der Waals surface area contributed by atoms with Crippen LogP contribution in [-0.2, 0) is 9.59 Å². The van der Waals surface area contributed by atoms with Gasteiger partial charge in [-0.3, -0.25) is 14.4 Å². The minimum Gasteiger partial charge on any atom is -0.497 e. The number of anilines is 2. The molecule has 1 aliphatic carbocycles. The minimum atomic E-state index is -0.459. The molecule has 1 heterocycles. The third kappa shape index (κ3) is 4.03. The topological polar surface area (TPSA) is 84.9 Å². The number of halogens is 2. The molecule has 2 fully saturated rings. The molecule has 0 unspecified atom stereocenters. The number of ether oxygens (including phenoxy) is 2. The van der Waals surface area contributed by atoms with Gasteiger partial charge in [-0.1, -0.05) is 44.0 Å². The van der Waals surface area contributed by atoms with E-state index in [0.29, 0.717) is 30.0 Å². The largest absolute Gasteiger partial charge is 0.497 e. The lowest BCUT2D eigenvalue weighted by atomic mass is 9.81. The fourth-order valence-corrected chi connectivity index (χ4v) is 5.53. The van der Waals surface area contributed by atoms with E-state index in [1.54, 1.807) is 42.5 Å². The van der Waals surface area contributed by atoms with Crippen LogP contribution in [0, 0.1) is 11.8 Å². The van der Waals surface area contributed by atoms with Crippen LogP contribution < -0.4 is 19.7 Å². The van der Waals surface area contributed by atoms with E-state index in [4.69, 9.17) is 9.47 Å². The fourth-order valence-electron chi connectivity index (χ4n) is 4.29. The van der Waals surface area contributed by atoms with Crippen LogP contribution in [0.25, 0.3) is 0 Å². The molecule has 1 saturated carbocycles. The molecule has 4 rings (SSSR count). The van der Waals surface area contributed by atoms with Gasteiger partial charge < -0.3 is 14.8 Å². The van der Waals surface area contributed by atoms with Crippen molar-refractivity contribution in [2.75, 3.05) is 24.4 Å². The number of alkyl halides is 2. The Morgan fingerprint density at radius 2 is 1.59 bits per heavy atom. The Bertz CT molecular complexity index is 1050. The Morgan fingerprint density at radius 1 is 0.969 bits per heavy atom. The molecule has 0 aromatic heterocycles. The number of carbonyl (C=O) groups is 3. The summed E-state index contributed by atoms with van der Waals surface area (Å²) in [7, 11) is 3.03. The van der Waals surface area contributed by atoms with Gasteiger partial charge in [0.15, 0.2) is 0 Å². The average molecular weight is 566 g/mol. The van der Waals surface area contributed by atoms with E-state index in [-0.39, 0.29) is 32.7 Å². The predicted molar refractivity (Wildman–Crippen MR) is 128 cm³/mol. The van der Waals surface area contributed by atoms with Gasteiger partial charge in [0.2, 0.25) is 11.8 Å². The third-order valence-corrected chi connectivity index (χ3v) is 8.69. The van der Waals surface area contributed by atoms with Crippen molar-refractivity contribution in [1.82, 2.24) is 0 Å². The maximum Gasteiger partial charge on any atom is 0.257 e. The van der Waals surface area contributed by atoms with Gasteiger partial charge in [0.1, 0.15) is 11.5 Å². The lowest BCUT2D eigenvalue weighted by Gasteiger charge is -2.29. The average Bonchev–Trinajstić information content (AvgIpc) is 3.03. The van der Waals surface area contributed by atoms with Crippen molar-refractivity contribution >= 4 is 61.0 Å². The first-order valence-corrected chi connectivity index (χ1v) is 12.0. The van der Waals surface area contributed by atoms with Crippen LogP contribution in [0.4, 0.5) is 11.4 Å². The number of benzene rings is 2. The zero-order valence-corrected chi connectivity index (χ0v) is 20.7. The third-order valence-electron chi connectivity index (χ3n) is 5.96. The summed E-state index contributed by atoms with van der Waals surface area (Å²) in [5.74, 6) is -0.754. The highest BCUT2D eigenvalue weighted by molar-refractivity contribution is 9.12. The van der Waals surface area contributed by atoms with Gasteiger partial charge in [0.25, 0.3) is 5.91 Å². The first-order valence-electron chi connectivity index (χ1n) is 10.1. The van der Waals surface area contributed by atoms with E-state index < -0.39 is 17.7 Å². The molecule has 9 heteroatoms. The Hall–Kier alpha value is -2.39. The van der Waals surface area contributed by atoms with Crippen LogP contribution in [0.1, 0.15) is 23.2 Å². The van der Waals surface area contributed by atoms with Gasteiger partial charge in [0, 0.05) is 15.7 Å². The minimum absolute atomic E-state index is 0.111. The summed E-state index contributed by atoms with van der Waals surface area (Å²) in [5, 5.41) is 2.81. The molecule has 168 valence electrons. The Labute approximate surface area is 202 Å². The highest BCUT2D eigenvalue weighted by Gasteiger charge is 2.52. The van der Waals surface area contributed by atoms with Crippen molar-refractivity contribution in [3.8, 4) is 11.5 Å². The van der Waals surface area contributed by atoms with Crippen LogP contribution in [0.5, 0.6) is 11.5 Å². The maximum atomic E-state index is 13.2. The van der Waals surface area contributed by atoms with Gasteiger partial charge in [-0.25, -0.2) is 4.90 Å². The second-order valence-corrected chi connectivity index (χ2v) is 10.1. The summed E-state index contributed by atoms with van der Waals surface area (Å²) < 4.78 is 10.6. The SMILES string of the molecule is COc1ccc(OC)c(NC(=O)c2ccccc2N2C(=O)[C@H]3C[C@@H](Br)[C@@H](Br)C[C@H]3C2=O)c1. The number of nitrogens with zero attached hydrogens (tertiary/aromatic N) is 1. The molecule has 0 bridgehead atoms. The van der Waals surface area contributed by atoms with Crippen LogP contribution in [-0.4, -0.2) is 41.6 Å². The summed E-state index contributed by atoms with van der Waals surface area (Å²) in [6.07, 6.45) is 1.13. The highest BCUT2D eigenvalue weighted by Crippen LogP contribution is 2.45. The predicted octanol–water partition coefficient (Wildman–Crippen LogP) is 4.38. The Morgan fingerprint density at radius 3 is 2.19 bits per heavy atom. The van der Waals surface area contributed by atoms with E-state index >= 15 is 0 Å². The number of hydrogen-bond acceptors (Lipinski definition) is 5. The number of nitrogens with one attached hydrogen (secondary N) is 1. The molecular formula is C23H22Br2N2O5. The number of carbonyl (C=O) groups excluding carboxylic acids is 3. The van der Waals surface area contributed by atoms with E-state index in [0.717, 1.165) is 0 Å². The van der Waals surface area contributed by atoms with Crippen LogP contribution in [0.3, 0.4) is 0 Å². The molecule has 2 aromatic rings. The fraction of sp³-hybridized carbons (Fsp3) is 0.348. The van der Waals surface area contributed by atoms with Gasteiger partial charge >= 0.3 is 0 Å². The van der Waals surface area contributed by atoms with Crippen molar-refractivity contribution < 1.29 is 23.9 Å². The molecule has 1 aliphatic heterocycles. The molecule has 4 atom stereocenters. The lowest BCUT2D eigenvalue weighted by molar-refractivity contribution is -0.122. The van der Waals surface area contributed by atoms with Crippen LogP contribution in [0.15, 0.2) is 42.5 Å². The quantitative estimate of drug-likeness (QED) is 0.429. The number of fused-ring (bicyclic) bond motifs is 1. The molecular weight excluding hydrogens is 544 g/mol. The first kappa shape index (κ1) is 22.8. The smallest absolute Gasteiger partial charge is 0.257 e. The van der Waals surface area contributed by atoms with Crippen LogP contribution in [0.2, 0.25) is 0 Å². The van der Waals surface area contributed by atoms with E-state index in [1.807, 2.05) is 0 Å². The van der Waals surface area contributed by atoms with Crippen molar-refractivity contribution in [2.45, 2.75) is 22.5 Å². The summed E-state index contributed by atoms with van der Waals surface area (Å²) in [5.41, 5.74) is 0.931. The van der Waals surface area contributed by atoms with Gasteiger partial charge in [0.05, 0.1) is 43.0 Å². The Kier molecular flexibility index (Phi) is 6.57. The highest BCUT2D eigenvalue weighted by atomic mass is 79.9. The molecule has 7 nitrogen and oxygen atoms in total. The Balaban J connectivity index is 1.66. The van der Waals surface area contributed by atoms with E-state index in [1.165, 1.54) is 19.1 Å². The molecule has 1 saturated heterocycles. The van der Waals surface area contributed by atoms with E-state index in [9.17, 15) is 14.4 Å². The number of amides is 3. The van der Waals surface area contributed by atoms with Crippen molar-refractivity contribution in [3.63, 3.8) is 0 Å². The molecule has 0 radical (unpaired) electrons. The van der Waals surface area contributed by atoms with Crippen molar-refractivity contribution in [2.24, 2.45) is 11.8 Å². The second kappa shape index (κ2) is 9.23. The van der Waals surface area contributed by atoms with Crippen molar-refractivity contribution in [1.29, 1.82) is 0 Å². The lowest BCUT2D eigenvalue weighted by Crippen LogP contribution is -2.34. The monoisotopic (exact) mass is 564 g/mol. The summed E-state index contributed by atoms with van der Waals surface area (Å²) in [6, 6.07) is 11.7. The van der Waals surface area contributed by atoms with Gasteiger partial charge in [-0.05, 0) is 37.1 Å². The second-order valence-electron chi connectivity index (χ2n) is 7.77. The normalized spacial score (nSPS) is 24.8. The summed E-state index contributed by atoms with van der Waals surface area (Å²) >= 11 is 7.20. The van der Waals surface area contributed by atoms with Crippen LogP contribution >= 0.6 is 31.9 Å². The molecule has 0 spiro atoms. The first-order chi connectivity index (χ1) is 15.3. The van der Waals surface area contributed by atoms with E-state index in [2.05, 4.69) is 37.2 Å². The van der Waals surface area contributed by atoms with Gasteiger partial charge in [-0.15, -0.1) is 0 Å². The number of para-hydroxylation sites is 1. The molecule has 2 aromatic carbocycles. The molecule has 3 amide bonds.